The summed E-state index contributed by atoms with van der Waals surface area (Å²) in [5.41, 5.74) is 2.09. The predicted octanol–water partition coefficient (Wildman–Crippen LogP) is 1.48. The summed E-state index contributed by atoms with van der Waals surface area (Å²) >= 11 is 0. The molecule has 2 aromatic rings. The molecule has 0 atom stereocenters. The highest BCUT2D eigenvalue weighted by Crippen LogP contribution is 2.22. The molecule has 1 aromatic carbocycles. The summed E-state index contributed by atoms with van der Waals surface area (Å²) < 4.78 is 12.6. The van der Waals surface area contributed by atoms with Crippen molar-refractivity contribution in [1.29, 1.82) is 0 Å². The monoisotopic (exact) mass is 330 g/mol. The van der Waals surface area contributed by atoms with Gasteiger partial charge in [-0.05, 0) is 31.2 Å². The zero-order chi connectivity index (χ0) is 16.9. The van der Waals surface area contributed by atoms with Crippen LogP contribution in [-0.2, 0) is 24.8 Å². The van der Waals surface area contributed by atoms with Gasteiger partial charge in [-0.2, -0.15) is 5.10 Å². The Labute approximate surface area is 140 Å². The minimum Gasteiger partial charge on any atom is -0.494 e. The average Bonchev–Trinajstić information content (AvgIpc) is 2.90. The van der Waals surface area contributed by atoms with Gasteiger partial charge in [0, 0.05) is 32.1 Å². The zero-order valence-corrected chi connectivity index (χ0v) is 14.0. The highest BCUT2D eigenvalue weighted by Gasteiger charge is 2.20. The molecule has 24 heavy (non-hydrogen) atoms. The van der Waals surface area contributed by atoms with Gasteiger partial charge in [0.05, 0.1) is 12.3 Å². The zero-order valence-electron chi connectivity index (χ0n) is 14.0. The number of benzene rings is 1. The molecule has 2 N–H and O–H groups in total. The van der Waals surface area contributed by atoms with Crippen molar-refractivity contribution in [2.75, 3.05) is 25.1 Å². The second-order valence-electron chi connectivity index (χ2n) is 5.57. The fourth-order valence-electron chi connectivity index (χ4n) is 2.70. The predicted molar refractivity (Wildman–Crippen MR) is 90.4 cm³/mol. The normalized spacial score (nSPS) is 13.2. The molecular weight excluding hydrogens is 308 g/mol. The van der Waals surface area contributed by atoms with E-state index in [0.717, 1.165) is 42.3 Å². The summed E-state index contributed by atoms with van der Waals surface area (Å²) in [5.74, 6) is 1.93. The molecule has 0 radical (unpaired) electrons. The highest BCUT2D eigenvalue weighted by molar-refractivity contribution is 5.92. The van der Waals surface area contributed by atoms with Gasteiger partial charge in [0.2, 0.25) is 0 Å². The number of rotatable bonds is 6. The Kier molecular flexibility index (Phi) is 5.00. The second-order valence-corrected chi connectivity index (χ2v) is 5.57. The van der Waals surface area contributed by atoms with Crippen LogP contribution in [0.25, 0.3) is 0 Å². The minimum atomic E-state index is -0.208. The molecule has 1 aliphatic heterocycles. The van der Waals surface area contributed by atoms with Crippen LogP contribution in [0.2, 0.25) is 0 Å². The van der Waals surface area contributed by atoms with E-state index >= 15 is 0 Å². The Morgan fingerprint density at radius 2 is 2.00 bits per heavy atom. The van der Waals surface area contributed by atoms with Crippen LogP contribution in [0.5, 0.6) is 11.5 Å². The molecule has 1 amide bonds. The summed E-state index contributed by atoms with van der Waals surface area (Å²) in [7, 11) is 1.83. The number of anilines is 1. The van der Waals surface area contributed by atoms with E-state index < -0.39 is 0 Å². The Morgan fingerprint density at radius 1 is 1.29 bits per heavy atom. The van der Waals surface area contributed by atoms with Crippen LogP contribution in [0.4, 0.5) is 5.82 Å². The first-order valence-electron chi connectivity index (χ1n) is 8.08. The summed E-state index contributed by atoms with van der Waals surface area (Å²) in [4.78, 5) is 12.2. The van der Waals surface area contributed by atoms with Crippen LogP contribution in [0, 0.1) is 0 Å². The van der Waals surface area contributed by atoms with Crippen molar-refractivity contribution in [3.63, 3.8) is 0 Å². The van der Waals surface area contributed by atoms with E-state index in [4.69, 9.17) is 9.47 Å². The molecular formula is C17H22N4O3. The van der Waals surface area contributed by atoms with Crippen molar-refractivity contribution in [2.45, 2.75) is 19.9 Å². The largest absolute Gasteiger partial charge is 0.494 e. The Morgan fingerprint density at radius 3 is 2.71 bits per heavy atom. The lowest BCUT2D eigenvalue weighted by atomic mass is 10.1. The molecule has 0 unspecified atom stereocenters. The van der Waals surface area contributed by atoms with E-state index in [0.29, 0.717) is 12.4 Å². The molecule has 0 bridgehead atoms. The number of aryl methyl sites for hydroxylation is 1. The van der Waals surface area contributed by atoms with Gasteiger partial charge in [-0.3, -0.25) is 9.48 Å². The topological polar surface area (TPSA) is 77.4 Å². The molecule has 0 saturated heterocycles. The van der Waals surface area contributed by atoms with Crippen molar-refractivity contribution in [2.24, 2.45) is 7.05 Å². The van der Waals surface area contributed by atoms with Crippen LogP contribution < -0.4 is 20.1 Å². The lowest BCUT2D eigenvalue weighted by Gasteiger charge is -2.14. The van der Waals surface area contributed by atoms with Crippen LogP contribution in [-0.4, -0.2) is 35.4 Å². The number of ether oxygens (including phenoxy) is 2. The first-order valence-corrected chi connectivity index (χ1v) is 8.08. The number of amides is 1. The van der Waals surface area contributed by atoms with E-state index in [1.165, 1.54) is 0 Å². The maximum Gasteiger partial charge on any atom is 0.263 e. The molecule has 1 aromatic heterocycles. The fraction of sp³-hybridized carbons (Fsp3) is 0.412. The summed E-state index contributed by atoms with van der Waals surface area (Å²) in [6, 6.07) is 7.21. The van der Waals surface area contributed by atoms with Crippen molar-refractivity contribution >= 4 is 11.7 Å². The van der Waals surface area contributed by atoms with Crippen molar-refractivity contribution in [3.05, 3.63) is 35.5 Å². The van der Waals surface area contributed by atoms with E-state index in [1.54, 1.807) is 16.8 Å². The number of hydrogen-bond donors (Lipinski definition) is 2. The van der Waals surface area contributed by atoms with Gasteiger partial charge in [-0.15, -0.1) is 0 Å². The Hall–Kier alpha value is -2.54. The van der Waals surface area contributed by atoms with Gasteiger partial charge in [0.15, 0.2) is 6.61 Å². The van der Waals surface area contributed by atoms with Gasteiger partial charge in [-0.25, -0.2) is 0 Å². The summed E-state index contributed by atoms with van der Waals surface area (Å²) in [5, 5.41) is 10.6. The van der Waals surface area contributed by atoms with Gasteiger partial charge in [0.1, 0.15) is 17.3 Å². The molecule has 128 valence electrons. The Balaban J connectivity index is 1.57. The molecule has 7 heteroatoms. The number of fused-ring (bicyclic) bond motifs is 1. The van der Waals surface area contributed by atoms with Crippen molar-refractivity contribution in [3.8, 4) is 11.5 Å². The third-order valence-corrected chi connectivity index (χ3v) is 3.83. The smallest absolute Gasteiger partial charge is 0.263 e. The van der Waals surface area contributed by atoms with Crippen molar-refractivity contribution in [1.82, 2.24) is 15.1 Å². The number of carbonyl (C=O) groups is 1. The van der Waals surface area contributed by atoms with Crippen LogP contribution >= 0.6 is 0 Å². The number of aromatic nitrogens is 2. The van der Waals surface area contributed by atoms with E-state index in [1.807, 2.05) is 26.1 Å². The lowest BCUT2D eigenvalue weighted by molar-refractivity contribution is -0.118. The number of nitrogens with one attached hydrogen (secondary N) is 2. The average molecular weight is 330 g/mol. The lowest BCUT2D eigenvalue weighted by Crippen LogP contribution is -2.26. The summed E-state index contributed by atoms with van der Waals surface area (Å²) in [6.45, 7) is 4.13. The third-order valence-electron chi connectivity index (χ3n) is 3.83. The Bertz CT molecular complexity index is 709. The van der Waals surface area contributed by atoms with Crippen LogP contribution in [0.15, 0.2) is 24.3 Å². The van der Waals surface area contributed by atoms with Crippen LogP contribution in [0.3, 0.4) is 0 Å². The molecule has 2 heterocycles. The van der Waals surface area contributed by atoms with Gasteiger partial charge < -0.3 is 20.1 Å². The van der Waals surface area contributed by atoms with E-state index in [9.17, 15) is 4.79 Å². The van der Waals surface area contributed by atoms with Crippen LogP contribution in [0.1, 0.15) is 18.2 Å². The highest BCUT2D eigenvalue weighted by atomic mass is 16.5. The first kappa shape index (κ1) is 16.3. The number of hydrogen-bond acceptors (Lipinski definition) is 5. The second kappa shape index (κ2) is 7.35. The summed E-state index contributed by atoms with van der Waals surface area (Å²) in [6.07, 6.45) is 0.877. The standard InChI is InChI=1S/C17H22N4O3/c1-3-23-12-4-6-13(7-5-12)24-11-16(22)19-17-14-10-18-9-8-15(14)20-21(17)2/h4-7,18H,3,8-11H2,1-2H3,(H,19,22). The van der Waals surface area contributed by atoms with E-state index in [-0.39, 0.29) is 12.5 Å². The molecule has 0 fully saturated rings. The molecule has 0 saturated carbocycles. The van der Waals surface area contributed by atoms with Gasteiger partial charge in [0.25, 0.3) is 5.91 Å². The quantitative estimate of drug-likeness (QED) is 0.839. The third kappa shape index (κ3) is 3.68. The number of carbonyl (C=O) groups excluding carboxylic acids is 1. The maximum atomic E-state index is 12.2. The molecule has 3 rings (SSSR count). The molecule has 0 aliphatic carbocycles. The minimum absolute atomic E-state index is 0.0542. The fourth-order valence-corrected chi connectivity index (χ4v) is 2.70. The van der Waals surface area contributed by atoms with E-state index in [2.05, 4.69) is 15.7 Å². The first-order chi connectivity index (χ1) is 11.7. The van der Waals surface area contributed by atoms with Gasteiger partial charge >= 0.3 is 0 Å². The number of nitrogens with zero attached hydrogens (tertiary/aromatic N) is 2. The SMILES string of the molecule is CCOc1ccc(OCC(=O)Nc2c3c(nn2C)CCNC3)cc1. The molecule has 1 aliphatic rings. The molecule has 0 spiro atoms. The maximum absolute atomic E-state index is 12.2. The van der Waals surface area contributed by atoms with Crippen molar-refractivity contribution < 1.29 is 14.3 Å². The molecule has 7 nitrogen and oxygen atoms in total. The van der Waals surface area contributed by atoms with Gasteiger partial charge in [-0.1, -0.05) is 0 Å².